The van der Waals surface area contributed by atoms with Crippen LogP contribution in [0.5, 0.6) is 0 Å². The number of esters is 2. The molecular formula is C23H36O4. The van der Waals surface area contributed by atoms with Crippen molar-refractivity contribution >= 4 is 11.9 Å². The minimum atomic E-state index is -0.343. The van der Waals surface area contributed by atoms with Crippen molar-refractivity contribution < 1.29 is 19.1 Å². The Bertz CT molecular complexity index is 532. The Morgan fingerprint density at radius 2 is 1.22 bits per heavy atom. The molecule has 0 spiro atoms. The predicted octanol–water partition coefficient (Wildman–Crippen LogP) is 6.19. The normalized spacial score (nSPS) is 10.8. The van der Waals surface area contributed by atoms with E-state index in [9.17, 15) is 9.59 Å². The molecule has 0 fully saturated rings. The molecule has 0 aliphatic rings. The highest BCUT2D eigenvalue weighted by Crippen LogP contribution is 2.12. The molecule has 0 N–H and O–H groups in total. The fraction of sp³-hybridized carbons (Fsp3) is 0.652. The molecule has 0 bridgehead atoms. The van der Waals surface area contributed by atoms with E-state index in [0.717, 1.165) is 25.7 Å². The molecule has 4 heteroatoms. The van der Waals surface area contributed by atoms with Crippen LogP contribution in [-0.4, -0.2) is 25.2 Å². The van der Waals surface area contributed by atoms with Crippen molar-refractivity contribution in [1.29, 1.82) is 0 Å². The molecule has 0 atom stereocenters. The maximum absolute atomic E-state index is 12.1. The molecule has 1 aromatic rings. The third-order valence-corrected chi connectivity index (χ3v) is 4.94. The highest BCUT2D eigenvalue weighted by molar-refractivity contribution is 5.93. The molecule has 0 saturated carbocycles. The molecule has 0 heterocycles. The Morgan fingerprint density at radius 3 is 1.74 bits per heavy atom. The lowest BCUT2D eigenvalue weighted by molar-refractivity contribution is 0.0430. The van der Waals surface area contributed by atoms with E-state index in [1.165, 1.54) is 32.1 Å². The summed E-state index contributed by atoms with van der Waals surface area (Å²) in [6.45, 7) is 7.28. The summed E-state index contributed by atoms with van der Waals surface area (Å²) in [7, 11) is 0. The number of ether oxygens (including phenoxy) is 2. The first kappa shape index (κ1) is 23.2. The second-order valence-electron chi connectivity index (χ2n) is 7.12. The minimum absolute atomic E-state index is 0.335. The van der Waals surface area contributed by atoms with Crippen LogP contribution in [0.4, 0.5) is 0 Å². The van der Waals surface area contributed by atoms with Crippen LogP contribution in [0.1, 0.15) is 99.3 Å². The van der Waals surface area contributed by atoms with Gasteiger partial charge in [-0.2, -0.15) is 0 Å². The van der Waals surface area contributed by atoms with Gasteiger partial charge in [-0.1, -0.05) is 72.1 Å². The molecule has 1 rings (SSSR count). The maximum Gasteiger partial charge on any atom is 0.338 e. The lowest BCUT2D eigenvalue weighted by atomic mass is 10.1. The average Bonchev–Trinajstić information content (AvgIpc) is 2.70. The van der Waals surface area contributed by atoms with Gasteiger partial charge in [-0.15, -0.1) is 0 Å². The molecule has 0 radical (unpaired) electrons. The van der Waals surface area contributed by atoms with Crippen LogP contribution >= 0.6 is 0 Å². The van der Waals surface area contributed by atoms with Crippen molar-refractivity contribution in [3.63, 3.8) is 0 Å². The number of unbranched alkanes of at least 4 members (excludes halogenated alkanes) is 6. The second-order valence-corrected chi connectivity index (χ2v) is 7.12. The van der Waals surface area contributed by atoms with E-state index in [1.807, 2.05) is 0 Å². The van der Waals surface area contributed by atoms with Gasteiger partial charge in [0, 0.05) is 0 Å². The summed E-state index contributed by atoms with van der Waals surface area (Å²) in [5.41, 5.74) is 0.930. The first-order valence-electron chi connectivity index (χ1n) is 10.6. The molecule has 27 heavy (non-hydrogen) atoms. The highest BCUT2D eigenvalue weighted by Gasteiger charge is 2.12. The molecule has 1 aromatic carbocycles. The van der Waals surface area contributed by atoms with Gasteiger partial charge in [0.1, 0.15) is 0 Å². The van der Waals surface area contributed by atoms with Crippen LogP contribution in [0.15, 0.2) is 24.3 Å². The molecule has 0 amide bonds. The summed E-state index contributed by atoms with van der Waals surface area (Å²) in [6.07, 6.45) is 10.3. The van der Waals surface area contributed by atoms with Gasteiger partial charge in [-0.25, -0.2) is 9.59 Å². The number of carbonyl (C=O) groups is 2. The van der Waals surface area contributed by atoms with E-state index >= 15 is 0 Å². The standard InChI is InChI=1S/C23H36O4/c1-4-7-8-9-10-11-12-17-26-22(24)20-13-15-21(16-14-20)23(25)27-18-19(5-2)6-3/h13-16,19H,4-12,17-18H2,1-3H3. The van der Waals surface area contributed by atoms with E-state index in [2.05, 4.69) is 20.8 Å². The number of rotatable bonds is 14. The van der Waals surface area contributed by atoms with Crippen molar-refractivity contribution in [1.82, 2.24) is 0 Å². The zero-order valence-electron chi connectivity index (χ0n) is 17.3. The van der Waals surface area contributed by atoms with Crippen molar-refractivity contribution in [2.75, 3.05) is 13.2 Å². The van der Waals surface area contributed by atoms with E-state index < -0.39 is 0 Å². The Kier molecular flexibility index (Phi) is 12.2. The Morgan fingerprint density at radius 1 is 0.741 bits per heavy atom. The van der Waals surface area contributed by atoms with Gasteiger partial charge in [0.05, 0.1) is 24.3 Å². The summed E-state index contributed by atoms with van der Waals surface area (Å²) in [6, 6.07) is 6.50. The Labute approximate surface area is 164 Å². The first-order valence-corrected chi connectivity index (χ1v) is 10.6. The van der Waals surface area contributed by atoms with Crippen LogP contribution in [-0.2, 0) is 9.47 Å². The van der Waals surface area contributed by atoms with E-state index in [1.54, 1.807) is 24.3 Å². The summed E-state index contributed by atoms with van der Waals surface area (Å²) in [4.78, 5) is 24.1. The monoisotopic (exact) mass is 376 g/mol. The van der Waals surface area contributed by atoms with Crippen LogP contribution in [0.25, 0.3) is 0 Å². The first-order chi connectivity index (χ1) is 13.1. The Hall–Kier alpha value is -1.84. The summed E-state index contributed by atoms with van der Waals surface area (Å²) >= 11 is 0. The van der Waals surface area contributed by atoms with Crippen LogP contribution in [0.2, 0.25) is 0 Å². The molecule has 4 nitrogen and oxygen atoms in total. The molecular weight excluding hydrogens is 340 g/mol. The molecule has 0 saturated heterocycles. The zero-order valence-corrected chi connectivity index (χ0v) is 17.3. The van der Waals surface area contributed by atoms with Crippen molar-refractivity contribution in [2.24, 2.45) is 5.92 Å². The maximum atomic E-state index is 12.1. The minimum Gasteiger partial charge on any atom is -0.462 e. The third kappa shape index (κ3) is 9.60. The number of benzene rings is 1. The van der Waals surface area contributed by atoms with E-state index in [0.29, 0.717) is 30.3 Å². The van der Waals surface area contributed by atoms with Crippen LogP contribution in [0.3, 0.4) is 0 Å². The topological polar surface area (TPSA) is 52.6 Å². The van der Waals surface area contributed by atoms with Crippen molar-refractivity contribution in [3.8, 4) is 0 Å². The van der Waals surface area contributed by atoms with E-state index in [4.69, 9.17) is 9.47 Å². The fourth-order valence-electron chi connectivity index (χ4n) is 2.85. The van der Waals surface area contributed by atoms with Gasteiger partial charge in [-0.3, -0.25) is 0 Å². The molecule has 0 aliphatic carbocycles. The highest BCUT2D eigenvalue weighted by atomic mass is 16.5. The van der Waals surface area contributed by atoms with Crippen LogP contribution < -0.4 is 0 Å². The van der Waals surface area contributed by atoms with Gasteiger partial charge in [0.25, 0.3) is 0 Å². The lowest BCUT2D eigenvalue weighted by Crippen LogP contribution is -2.13. The van der Waals surface area contributed by atoms with E-state index in [-0.39, 0.29) is 11.9 Å². The number of hydrogen-bond donors (Lipinski definition) is 0. The van der Waals surface area contributed by atoms with Gasteiger partial charge in [0.2, 0.25) is 0 Å². The van der Waals surface area contributed by atoms with Gasteiger partial charge in [-0.05, 0) is 36.6 Å². The van der Waals surface area contributed by atoms with Gasteiger partial charge < -0.3 is 9.47 Å². The fourth-order valence-corrected chi connectivity index (χ4v) is 2.85. The molecule has 152 valence electrons. The predicted molar refractivity (Wildman–Crippen MR) is 109 cm³/mol. The number of hydrogen-bond acceptors (Lipinski definition) is 4. The second kappa shape index (κ2) is 14.2. The van der Waals surface area contributed by atoms with Crippen molar-refractivity contribution in [2.45, 2.75) is 78.6 Å². The molecule has 0 aliphatic heterocycles. The molecule has 0 unspecified atom stereocenters. The smallest absolute Gasteiger partial charge is 0.338 e. The summed E-state index contributed by atoms with van der Waals surface area (Å²) in [5.74, 6) is -0.280. The zero-order chi connectivity index (χ0) is 19.9. The SMILES string of the molecule is CCCCCCCCCOC(=O)c1ccc(C(=O)OCC(CC)CC)cc1. The summed E-state index contributed by atoms with van der Waals surface area (Å²) in [5, 5.41) is 0. The summed E-state index contributed by atoms with van der Waals surface area (Å²) < 4.78 is 10.7. The molecule has 0 aromatic heterocycles. The largest absolute Gasteiger partial charge is 0.462 e. The quantitative estimate of drug-likeness (QED) is 0.287. The van der Waals surface area contributed by atoms with Gasteiger partial charge >= 0.3 is 11.9 Å². The third-order valence-electron chi connectivity index (χ3n) is 4.94. The lowest BCUT2D eigenvalue weighted by Gasteiger charge is -2.12. The number of carbonyl (C=O) groups excluding carboxylic acids is 2. The van der Waals surface area contributed by atoms with Crippen molar-refractivity contribution in [3.05, 3.63) is 35.4 Å². The van der Waals surface area contributed by atoms with Gasteiger partial charge in [0.15, 0.2) is 0 Å². The Balaban J connectivity index is 2.29. The average molecular weight is 377 g/mol. The van der Waals surface area contributed by atoms with Crippen LogP contribution in [0, 0.1) is 5.92 Å².